The minimum atomic E-state index is -4.46. The van der Waals surface area contributed by atoms with Crippen LogP contribution in [-0.4, -0.2) is 49.6 Å². The van der Waals surface area contributed by atoms with Crippen molar-refractivity contribution in [3.63, 3.8) is 0 Å². The highest BCUT2D eigenvalue weighted by molar-refractivity contribution is 5.92. The van der Waals surface area contributed by atoms with Crippen LogP contribution in [-0.2, 0) is 17.5 Å². The van der Waals surface area contributed by atoms with Gasteiger partial charge in [-0.05, 0) is 55.9 Å². The maximum absolute atomic E-state index is 13.2. The molecule has 0 radical (unpaired) electrons. The van der Waals surface area contributed by atoms with Gasteiger partial charge in [-0.1, -0.05) is 56.2 Å². The topological polar surface area (TPSA) is 122 Å². The second-order valence-electron chi connectivity index (χ2n) is 10.6. The van der Waals surface area contributed by atoms with Gasteiger partial charge >= 0.3 is 12.1 Å². The number of rotatable bonds is 10. The molecule has 1 aliphatic carbocycles. The molecule has 5 rings (SSSR count). The number of aromatic carboxylic acids is 1. The molecule has 0 spiro atoms. The number of carboxylic acids is 1. The van der Waals surface area contributed by atoms with Crippen LogP contribution in [0.2, 0.25) is 0 Å². The van der Waals surface area contributed by atoms with E-state index in [0.29, 0.717) is 23.3 Å². The van der Waals surface area contributed by atoms with E-state index in [0.717, 1.165) is 42.5 Å². The molecule has 1 aliphatic rings. The van der Waals surface area contributed by atoms with E-state index >= 15 is 0 Å². The van der Waals surface area contributed by atoms with Crippen LogP contribution in [0.5, 0.6) is 0 Å². The number of fused-ring (bicyclic) bond motifs is 1. The first kappa shape index (κ1) is 32.4. The number of hydrogen-bond acceptors (Lipinski definition) is 6. The highest BCUT2D eigenvalue weighted by atomic mass is 19.4. The van der Waals surface area contributed by atoms with Crippen molar-refractivity contribution in [2.45, 2.75) is 71.6 Å². The number of aromatic nitrogens is 4. The van der Waals surface area contributed by atoms with Crippen molar-refractivity contribution in [3.8, 4) is 11.4 Å². The minimum Gasteiger partial charge on any atom is -0.475 e. The molecule has 0 bridgehead atoms. The fourth-order valence-corrected chi connectivity index (χ4v) is 5.23. The van der Waals surface area contributed by atoms with Crippen LogP contribution >= 0.6 is 0 Å². The zero-order chi connectivity index (χ0) is 32.0. The molecule has 2 aromatic carbocycles. The first-order chi connectivity index (χ1) is 21.0. The third-order valence-electron chi connectivity index (χ3n) is 7.69. The number of imidazole rings is 1. The maximum Gasteiger partial charge on any atom is 0.416 e. The van der Waals surface area contributed by atoms with E-state index in [1.54, 1.807) is 11.6 Å². The Kier molecular flexibility index (Phi) is 10.2. The van der Waals surface area contributed by atoms with Gasteiger partial charge in [-0.25, -0.2) is 19.7 Å². The molecule has 44 heavy (non-hydrogen) atoms. The largest absolute Gasteiger partial charge is 0.475 e. The van der Waals surface area contributed by atoms with Gasteiger partial charge in [0.05, 0.1) is 5.56 Å². The van der Waals surface area contributed by atoms with Crippen molar-refractivity contribution < 1.29 is 27.9 Å². The summed E-state index contributed by atoms with van der Waals surface area (Å²) in [6, 6.07) is 12.3. The Morgan fingerprint density at radius 3 is 2.34 bits per heavy atom. The van der Waals surface area contributed by atoms with Crippen LogP contribution in [0.3, 0.4) is 0 Å². The summed E-state index contributed by atoms with van der Waals surface area (Å²) in [6.45, 7) is 6.06. The highest BCUT2D eigenvalue weighted by Gasteiger charge is 2.31. The van der Waals surface area contributed by atoms with Crippen molar-refractivity contribution in [2.75, 3.05) is 12.4 Å². The molecule has 0 aliphatic heterocycles. The molecule has 234 valence electrons. The van der Waals surface area contributed by atoms with E-state index in [1.165, 1.54) is 12.1 Å². The lowest BCUT2D eigenvalue weighted by Gasteiger charge is -2.34. The summed E-state index contributed by atoms with van der Waals surface area (Å²) < 4.78 is 41.5. The lowest BCUT2D eigenvalue weighted by molar-refractivity contribution is -0.137. The predicted molar refractivity (Wildman–Crippen MR) is 162 cm³/mol. The number of anilines is 1. The molecule has 9 nitrogen and oxygen atoms in total. The van der Waals surface area contributed by atoms with Crippen molar-refractivity contribution >= 4 is 28.9 Å². The van der Waals surface area contributed by atoms with Crippen molar-refractivity contribution in [1.82, 2.24) is 24.8 Å². The number of nitrogens with one attached hydrogen (secondary N) is 2. The zero-order valence-electron chi connectivity index (χ0n) is 25.2. The molecular weight excluding hydrogens is 573 g/mol. The van der Waals surface area contributed by atoms with Crippen LogP contribution in [0.1, 0.15) is 73.3 Å². The first-order valence-electron chi connectivity index (χ1n) is 14.8. The minimum absolute atomic E-state index is 0.103. The average molecular weight is 611 g/mol. The number of aryl methyl sites for hydroxylation is 1. The Bertz CT molecular complexity index is 1610. The number of nitrogens with zero attached hydrogens (tertiary/aromatic N) is 4. The van der Waals surface area contributed by atoms with Gasteiger partial charge in [0, 0.05) is 31.6 Å². The van der Waals surface area contributed by atoms with E-state index < -0.39 is 23.5 Å². The lowest BCUT2D eigenvalue weighted by Crippen LogP contribution is -2.35. The van der Waals surface area contributed by atoms with E-state index in [1.807, 2.05) is 45.0 Å². The molecule has 2 aromatic heterocycles. The van der Waals surface area contributed by atoms with E-state index in [9.17, 15) is 27.9 Å². The van der Waals surface area contributed by atoms with E-state index in [4.69, 9.17) is 4.98 Å². The van der Waals surface area contributed by atoms with Gasteiger partial charge in [-0.3, -0.25) is 4.79 Å². The summed E-state index contributed by atoms with van der Waals surface area (Å²) in [5, 5.41) is 15.9. The summed E-state index contributed by atoms with van der Waals surface area (Å²) in [7, 11) is 1.58. The average Bonchev–Trinajstić information content (AvgIpc) is 3.34. The monoisotopic (exact) mass is 610 g/mol. The van der Waals surface area contributed by atoms with Crippen LogP contribution in [0.4, 0.5) is 19.0 Å². The Labute approximate surface area is 253 Å². The van der Waals surface area contributed by atoms with E-state index in [-0.39, 0.29) is 42.3 Å². The Morgan fingerprint density at radius 1 is 1.07 bits per heavy atom. The number of carboxylic acid groups (broad SMARTS) is 1. The number of carbonyl (C=O) groups is 2. The van der Waals surface area contributed by atoms with Gasteiger partial charge in [-0.15, -0.1) is 0 Å². The molecule has 1 unspecified atom stereocenters. The number of alkyl halides is 3. The van der Waals surface area contributed by atoms with Gasteiger partial charge in [-0.2, -0.15) is 13.2 Å². The molecule has 1 amide bonds. The molecule has 2 heterocycles. The fourth-order valence-electron chi connectivity index (χ4n) is 5.23. The zero-order valence-corrected chi connectivity index (χ0v) is 25.2. The SMILES string of the molecule is CC.CNC(=O)CCC(Nc1nc(C(=O)O)nc2nc(-c3cccc(C)c3)n(Cc3ccc(C(F)(F)F)cc3)c12)C1CCC1. The van der Waals surface area contributed by atoms with Crippen LogP contribution in [0.25, 0.3) is 22.6 Å². The van der Waals surface area contributed by atoms with Gasteiger partial charge in [0.25, 0.3) is 0 Å². The number of carbonyl (C=O) groups excluding carboxylic acids is 1. The van der Waals surface area contributed by atoms with Gasteiger partial charge < -0.3 is 20.3 Å². The third-order valence-corrected chi connectivity index (χ3v) is 7.69. The first-order valence-corrected chi connectivity index (χ1v) is 14.8. The Morgan fingerprint density at radius 2 is 1.77 bits per heavy atom. The molecule has 1 atom stereocenters. The van der Waals surface area contributed by atoms with Crippen LogP contribution in [0, 0.1) is 12.8 Å². The maximum atomic E-state index is 13.2. The number of amides is 1. The Balaban J connectivity index is 0.00000216. The summed E-state index contributed by atoms with van der Waals surface area (Å²) >= 11 is 0. The summed E-state index contributed by atoms with van der Waals surface area (Å²) in [5.74, 6) is -0.855. The number of benzene rings is 2. The third kappa shape index (κ3) is 7.35. The normalized spacial score (nSPS) is 13.9. The molecule has 1 saturated carbocycles. The van der Waals surface area contributed by atoms with E-state index in [2.05, 4.69) is 20.6 Å². The molecule has 0 saturated heterocycles. The van der Waals surface area contributed by atoms with Gasteiger partial charge in [0.1, 0.15) is 11.3 Å². The van der Waals surface area contributed by atoms with Crippen LogP contribution < -0.4 is 10.6 Å². The molecule has 12 heteroatoms. The standard InChI is InChI=1S/C30H31F3N6O3.C2H6/c1-17-5-3-8-20(15-17)28-38-26-24(39(28)16-18-9-11-21(12-10-18)30(31,32)33)25(36-27(37-26)29(41)42)35-22(19-6-4-7-19)13-14-23(40)34-2;1-2/h3,5,8-12,15,19,22H,4,6-7,13-14,16H2,1-2H3,(H,34,40)(H,41,42)(H,35,36,37);1-2H3. The van der Waals surface area contributed by atoms with Crippen molar-refractivity contribution in [3.05, 3.63) is 71.0 Å². The van der Waals surface area contributed by atoms with Crippen molar-refractivity contribution in [1.29, 1.82) is 0 Å². The molecule has 1 fully saturated rings. The van der Waals surface area contributed by atoms with Crippen LogP contribution in [0.15, 0.2) is 48.5 Å². The number of hydrogen-bond donors (Lipinski definition) is 3. The second-order valence-corrected chi connectivity index (χ2v) is 10.6. The second kappa shape index (κ2) is 13.9. The molecule has 4 aromatic rings. The lowest BCUT2D eigenvalue weighted by atomic mass is 9.78. The smallest absolute Gasteiger partial charge is 0.416 e. The Hall–Kier alpha value is -4.48. The van der Waals surface area contributed by atoms with Crippen molar-refractivity contribution in [2.24, 2.45) is 5.92 Å². The quantitative estimate of drug-likeness (QED) is 0.183. The highest BCUT2D eigenvalue weighted by Crippen LogP contribution is 2.36. The summed E-state index contributed by atoms with van der Waals surface area (Å²) in [6.07, 6.45) is -0.683. The fraction of sp³-hybridized carbons (Fsp3) is 0.406. The summed E-state index contributed by atoms with van der Waals surface area (Å²) in [5.41, 5.74) is 2.11. The molecular formula is C32H37F3N6O3. The number of halogens is 3. The predicted octanol–water partition coefficient (Wildman–Crippen LogP) is 6.70. The van der Waals surface area contributed by atoms with Gasteiger partial charge in [0.15, 0.2) is 11.5 Å². The van der Waals surface area contributed by atoms with Gasteiger partial charge in [0.2, 0.25) is 11.7 Å². The summed E-state index contributed by atoms with van der Waals surface area (Å²) in [4.78, 5) is 37.4. The molecule has 3 N–H and O–H groups in total.